The highest BCUT2D eigenvalue weighted by Gasteiger charge is 2.24. The van der Waals surface area contributed by atoms with E-state index in [0.717, 1.165) is 28.8 Å². The van der Waals surface area contributed by atoms with Crippen LogP contribution in [0, 0.1) is 0 Å². The number of benzene rings is 1. The second-order valence-electron chi connectivity index (χ2n) is 4.81. The van der Waals surface area contributed by atoms with Crippen LogP contribution in [0.4, 0.5) is 5.69 Å². The Bertz CT molecular complexity index is 483. The SMILES string of the molecule is CC1CN(c2cc(Br)ccc2/C(N)=N/O)CC(C)O1. The maximum atomic E-state index is 8.89. The zero-order valence-electron chi connectivity index (χ0n) is 11.0. The van der Waals surface area contributed by atoms with Gasteiger partial charge in [0.25, 0.3) is 0 Å². The van der Waals surface area contributed by atoms with Gasteiger partial charge < -0.3 is 20.6 Å². The predicted molar refractivity (Wildman–Crippen MR) is 78.9 cm³/mol. The zero-order chi connectivity index (χ0) is 14.0. The lowest BCUT2D eigenvalue weighted by Gasteiger charge is -2.37. The second kappa shape index (κ2) is 5.79. The third-order valence-electron chi connectivity index (χ3n) is 3.10. The molecule has 5 nitrogen and oxygen atoms in total. The van der Waals surface area contributed by atoms with Gasteiger partial charge in [0.2, 0.25) is 0 Å². The van der Waals surface area contributed by atoms with Crippen LogP contribution < -0.4 is 10.6 Å². The van der Waals surface area contributed by atoms with Crippen molar-refractivity contribution in [2.45, 2.75) is 26.1 Å². The first-order valence-electron chi connectivity index (χ1n) is 6.19. The number of oxime groups is 1. The minimum atomic E-state index is 0.120. The number of hydrogen-bond donors (Lipinski definition) is 2. The number of ether oxygens (including phenoxy) is 1. The molecule has 2 atom stereocenters. The normalized spacial score (nSPS) is 24.6. The molecule has 0 saturated carbocycles. The molecule has 0 spiro atoms. The maximum absolute atomic E-state index is 8.89. The van der Waals surface area contributed by atoms with Gasteiger partial charge in [0, 0.05) is 28.8 Å². The van der Waals surface area contributed by atoms with Crippen molar-refractivity contribution in [2.24, 2.45) is 10.9 Å². The Labute approximate surface area is 121 Å². The minimum Gasteiger partial charge on any atom is -0.409 e. The molecule has 1 aromatic rings. The second-order valence-corrected chi connectivity index (χ2v) is 5.72. The van der Waals surface area contributed by atoms with E-state index in [-0.39, 0.29) is 18.0 Å². The highest BCUT2D eigenvalue weighted by molar-refractivity contribution is 9.10. The number of amidine groups is 1. The Balaban J connectivity index is 2.39. The van der Waals surface area contributed by atoms with E-state index in [4.69, 9.17) is 15.7 Å². The molecule has 0 aliphatic carbocycles. The third-order valence-corrected chi connectivity index (χ3v) is 3.60. The molecule has 1 aromatic carbocycles. The molecule has 0 aromatic heterocycles. The standard InChI is InChI=1S/C13H18BrN3O2/c1-8-6-17(7-9(2)19-8)12-5-10(14)3-4-11(12)13(15)16-18/h3-5,8-9,18H,6-7H2,1-2H3,(H2,15,16). The largest absolute Gasteiger partial charge is 0.409 e. The summed E-state index contributed by atoms with van der Waals surface area (Å²) in [7, 11) is 0. The van der Waals surface area contributed by atoms with Gasteiger partial charge >= 0.3 is 0 Å². The van der Waals surface area contributed by atoms with Crippen LogP contribution >= 0.6 is 15.9 Å². The summed E-state index contributed by atoms with van der Waals surface area (Å²) in [6, 6.07) is 5.71. The van der Waals surface area contributed by atoms with E-state index in [2.05, 4.69) is 26.0 Å². The molecule has 1 aliphatic heterocycles. The summed E-state index contributed by atoms with van der Waals surface area (Å²) in [5, 5.41) is 12.0. The van der Waals surface area contributed by atoms with Crippen LogP contribution in [0.2, 0.25) is 0 Å². The monoisotopic (exact) mass is 327 g/mol. The molecule has 19 heavy (non-hydrogen) atoms. The molecular weight excluding hydrogens is 310 g/mol. The molecule has 1 fully saturated rings. The first-order valence-corrected chi connectivity index (χ1v) is 6.98. The van der Waals surface area contributed by atoms with Crippen molar-refractivity contribution in [3.63, 3.8) is 0 Å². The molecule has 1 aliphatic rings. The fourth-order valence-electron chi connectivity index (χ4n) is 2.41. The average Bonchev–Trinajstić information content (AvgIpc) is 2.36. The van der Waals surface area contributed by atoms with E-state index in [1.807, 2.05) is 32.0 Å². The van der Waals surface area contributed by atoms with E-state index in [1.165, 1.54) is 0 Å². The molecule has 1 saturated heterocycles. The quantitative estimate of drug-likeness (QED) is 0.378. The van der Waals surface area contributed by atoms with Crippen LogP contribution in [0.25, 0.3) is 0 Å². The van der Waals surface area contributed by atoms with Gasteiger partial charge in [0.05, 0.1) is 12.2 Å². The van der Waals surface area contributed by atoms with Gasteiger partial charge in [-0.05, 0) is 32.0 Å². The van der Waals surface area contributed by atoms with E-state index in [9.17, 15) is 0 Å². The molecule has 0 amide bonds. The van der Waals surface area contributed by atoms with Gasteiger partial charge in [-0.1, -0.05) is 21.1 Å². The number of nitrogens with zero attached hydrogens (tertiary/aromatic N) is 2. The number of hydrogen-bond acceptors (Lipinski definition) is 4. The van der Waals surface area contributed by atoms with Gasteiger partial charge in [-0.3, -0.25) is 0 Å². The topological polar surface area (TPSA) is 71.1 Å². The molecule has 6 heteroatoms. The van der Waals surface area contributed by atoms with Crippen molar-refractivity contribution in [1.29, 1.82) is 0 Å². The van der Waals surface area contributed by atoms with Gasteiger partial charge in [-0.2, -0.15) is 0 Å². The lowest BCUT2D eigenvalue weighted by molar-refractivity contribution is -0.00522. The molecule has 2 rings (SSSR count). The highest BCUT2D eigenvalue weighted by atomic mass is 79.9. The Morgan fingerprint density at radius 1 is 1.42 bits per heavy atom. The van der Waals surface area contributed by atoms with Gasteiger partial charge in [0.1, 0.15) is 0 Å². The summed E-state index contributed by atoms with van der Waals surface area (Å²) in [4.78, 5) is 2.21. The van der Waals surface area contributed by atoms with Crippen LogP contribution in [-0.4, -0.2) is 36.3 Å². The van der Waals surface area contributed by atoms with Crippen molar-refractivity contribution in [3.8, 4) is 0 Å². The van der Waals surface area contributed by atoms with Gasteiger partial charge in [-0.25, -0.2) is 0 Å². The van der Waals surface area contributed by atoms with E-state index in [1.54, 1.807) is 0 Å². The Morgan fingerprint density at radius 3 is 2.63 bits per heavy atom. The third kappa shape index (κ3) is 3.19. The maximum Gasteiger partial charge on any atom is 0.172 e. The average molecular weight is 328 g/mol. The number of morpholine rings is 1. The molecule has 104 valence electrons. The number of rotatable bonds is 2. The lowest BCUT2D eigenvalue weighted by atomic mass is 10.1. The summed E-state index contributed by atoms with van der Waals surface area (Å²) in [6.07, 6.45) is 0.311. The van der Waals surface area contributed by atoms with Crippen molar-refractivity contribution in [1.82, 2.24) is 0 Å². The van der Waals surface area contributed by atoms with Crippen LogP contribution in [0.1, 0.15) is 19.4 Å². The van der Waals surface area contributed by atoms with Crippen molar-refractivity contribution < 1.29 is 9.94 Å². The van der Waals surface area contributed by atoms with Gasteiger partial charge in [0.15, 0.2) is 5.84 Å². The number of halogens is 1. The zero-order valence-corrected chi connectivity index (χ0v) is 12.6. The molecular formula is C13H18BrN3O2. The number of nitrogens with two attached hydrogens (primary N) is 1. The Morgan fingerprint density at radius 2 is 2.05 bits per heavy atom. The molecule has 0 bridgehead atoms. The van der Waals surface area contributed by atoms with E-state index in [0.29, 0.717) is 0 Å². The van der Waals surface area contributed by atoms with Crippen LogP contribution in [0.15, 0.2) is 27.8 Å². The Hall–Kier alpha value is -1.27. The first-order chi connectivity index (χ1) is 9.01. The summed E-state index contributed by atoms with van der Waals surface area (Å²) < 4.78 is 6.69. The van der Waals surface area contributed by atoms with Gasteiger partial charge in [-0.15, -0.1) is 0 Å². The van der Waals surface area contributed by atoms with Crippen molar-refractivity contribution in [3.05, 3.63) is 28.2 Å². The smallest absolute Gasteiger partial charge is 0.172 e. The minimum absolute atomic E-state index is 0.120. The van der Waals surface area contributed by atoms with Crippen LogP contribution in [0.5, 0.6) is 0 Å². The summed E-state index contributed by atoms with van der Waals surface area (Å²) in [6.45, 7) is 5.66. The summed E-state index contributed by atoms with van der Waals surface area (Å²) in [5.74, 6) is 0.120. The number of anilines is 1. The summed E-state index contributed by atoms with van der Waals surface area (Å²) >= 11 is 3.46. The Kier molecular flexibility index (Phi) is 4.31. The first kappa shape index (κ1) is 14.1. The van der Waals surface area contributed by atoms with Crippen LogP contribution in [-0.2, 0) is 4.74 Å². The van der Waals surface area contributed by atoms with Crippen molar-refractivity contribution >= 4 is 27.5 Å². The lowest BCUT2D eigenvalue weighted by Crippen LogP contribution is -2.46. The van der Waals surface area contributed by atoms with Crippen LogP contribution in [0.3, 0.4) is 0 Å². The fourth-order valence-corrected chi connectivity index (χ4v) is 2.76. The van der Waals surface area contributed by atoms with E-state index >= 15 is 0 Å². The molecule has 2 unspecified atom stereocenters. The van der Waals surface area contributed by atoms with E-state index < -0.39 is 0 Å². The molecule has 3 N–H and O–H groups in total. The fraction of sp³-hybridized carbons (Fsp3) is 0.462. The highest BCUT2D eigenvalue weighted by Crippen LogP contribution is 2.28. The predicted octanol–water partition coefficient (Wildman–Crippen LogP) is 2.16. The summed E-state index contributed by atoms with van der Waals surface area (Å²) in [5.41, 5.74) is 7.43. The molecule has 0 radical (unpaired) electrons. The van der Waals surface area contributed by atoms with Crippen molar-refractivity contribution in [2.75, 3.05) is 18.0 Å². The molecule has 1 heterocycles.